The van der Waals surface area contributed by atoms with Gasteiger partial charge in [-0.05, 0) is 42.4 Å². The first kappa shape index (κ1) is 22.6. The van der Waals surface area contributed by atoms with Gasteiger partial charge in [0.1, 0.15) is 0 Å². The molecule has 170 valence electrons. The Hall–Kier alpha value is -2.63. The molecule has 2 aromatic carbocycles. The van der Waals surface area contributed by atoms with E-state index in [0.717, 1.165) is 64.5 Å². The zero-order valence-electron chi connectivity index (χ0n) is 19.1. The standard InChI is InChI=1S/C27H35N3O2/c1-28-27(30-14-10-23(11-15-30)18-22-6-3-2-4-7-22)29-20-24-8-5-9-25(19-24)21-32-26-12-16-31-17-13-26/h2-9,18-19,26H,10-17,20-21H2,1H3,(H,28,29). The molecule has 5 heteroatoms. The number of likely N-dealkylation sites (tertiary alicyclic amines) is 1. The maximum atomic E-state index is 6.08. The molecular formula is C27H35N3O2. The summed E-state index contributed by atoms with van der Waals surface area (Å²) in [4.78, 5) is 6.89. The summed E-state index contributed by atoms with van der Waals surface area (Å²) in [6, 6.07) is 19.2. The molecular weight excluding hydrogens is 398 g/mol. The molecule has 2 saturated heterocycles. The Morgan fingerprint density at radius 3 is 2.56 bits per heavy atom. The van der Waals surface area contributed by atoms with Crippen molar-refractivity contribution in [3.05, 3.63) is 76.9 Å². The summed E-state index contributed by atoms with van der Waals surface area (Å²) in [5, 5.41) is 3.55. The predicted molar refractivity (Wildman–Crippen MR) is 130 cm³/mol. The fraction of sp³-hybridized carbons (Fsp3) is 0.444. The van der Waals surface area contributed by atoms with E-state index in [4.69, 9.17) is 9.47 Å². The normalized spacial score (nSPS) is 18.0. The van der Waals surface area contributed by atoms with E-state index in [1.807, 2.05) is 7.05 Å². The Morgan fingerprint density at radius 1 is 1.06 bits per heavy atom. The molecule has 5 nitrogen and oxygen atoms in total. The minimum Gasteiger partial charge on any atom is -0.381 e. The first-order valence-corrected chi connectivity index (χ1v) is 11.8. The number of hydrogen-bond donors (Lipinski definition) is 1. The third-order valence-corrected chi connectivity index (χ3v) is 6.18. The summed E-state index contributed by atoms with van der Waals surface area (Å²) in [5.74, 6) is 0.979. The number of guanidine groups is 1. The third-order valence-electron chi connectivity index (χ3n) is 6.18. The zero-order valence-corrected chi connectivity index (χ0v) is 19.1. The molecule has 2 aromatic rings. The highest BCUT2D eigenvalue weighted by molar-refractivity contribution is 5.80. The molecule has 0 amide bonds. The van der Waals surface area contributed by atoms with Crippen LogP contribution >= 0.6 is 0 Å². The largest absolute Gasteiger partial charge is 0.381 e. The van der Waals surface area contributed by atoms with Crippen molar-refractivity contribution in [1.29, 1.82) is 0 Å². The van der Waals surface area contributed by atoms with Crippen molar-refractivity contribution in [2.24, 2.45) is 4.99 Å². The third kappa shape index (κ3) is 6.68. The lowest BCUT2D eigenvalue weighted by Crippen LogP contribution is -2.44. The highest BCUT2D eigenvalue weighted by atomic mass is 16.5. The van der Waals surface area contributed by atoms with E-state index >= 15 is 0 Å². The number of ether oxygens (including phenoxy) is 2. The van der Waals surface area contributed by atoms with Gasteiger partial charge in [0.2, 0.25) is 0 Å². The summed E-state index contributed by atoms with van der Waals surface area (Å²) in [6.07, 6.45) is 6.81. The van der Waals surface area contributed by atoms with Crippen LogP contribution in [0.5, 0.6) is 0 Å². The number of nitrogens with zero attached hydrogens (tertiary/aromatic N) is 2. The van der Waals surface area contributed by atoms with Crippen molar-refractivity contribution in [2.75, 3.05) is 33.4 Å². The van der Waals surface area contributed by atoms with Gasteiger partial charge < -0.3 is 19.7 Å². The lowest BCUT2D eigenvalue weighted by Gasteiger charge is -2.31. The molecule has 32 heavy (non-hydrogen) atoms. The maximum absolute atomic E-state index is 6.08. The van der Waals surface area contributed by atoms with Gasteiger partial charge in [-0.1, -0.05) is 66.2 Å². The monoisotopic (exact) mass is 433 g/mol. The first-order valence-electron chi connectivity index (χ1n) is 11.8. The van der Waals surface area contributed by atoms with Crippen LogP contribution in [0, 0.1) is 0 Å². The van der Waals surface area contributed by atoms with Crippen LogP contribution in [-0.2, 0) is 22.6 Å². The van der Waals surface area contributed by atoms with Crippen molar-refractivity contribution in [1.82, 2.24) is 10.2 Å². The molecule has 0 aliphatic carbocycles. The average Bonchev–Trinajstić information content (AvgIpc) is 2.86. The van der Waals surface area contributed by atoms with Gasteiger partial charge in [-0.25, -0.2) is 0 Å². The minimum atomic E-state index is 0.323. The molecule has 0 unspecified atom stereocenters. The predicted octanol–water partition coefficient (Wildman–Crippen LogP) is 4.64. The molecule has 2 aliphatic heterocycles. The fourth-order valence-corrected chi connectivity index (χ4v) is 4.33. The molecule has 2 aliphatic rings. The molecule has 0 saturated carbocycles. The van der Waals surface area contributed by atoms with E-state index in [1.54, 1.807) is 0 Å². The van der Waals surface area contributed by atoms with Crippen LogP contribution in [0.25, 0.3) is 6.08 Å². The highest BCUT2D eigenvalue weighted by Gasteiger charge is 2.17. The summed E-state index contributed by atoms with van der Waals surface area (Å²) in [5.41, 5.74) is 5.28. The van der Waals surface area contributed by atoms with Gasteiger partial charge in [0.05, 0.1) is 12.7 Å². The molecule has 0 radical (unpaired) electrons. The van der Waals surface area contributed by atoms with Crippen LogP contribution < -0.4 is 5.32 Å². The molecule has 0 bridgehead atoms. The number of nitrogens with one attached hydrogen (secondary N) is 1. The lowest BCUT2D eigenvalue weighted by atomic mass is 10.0. The summed E-state index contributed by atoms with van der Waals surface area (Å²) in [6.45, 7) is 5.05. The van der Waals surface area contributed by atoms with Gasteiger partial charge >= 0.3 is 0 Å². The van der Waals surface area contributed by atoms with E-state index in [9.17, 15) is 0 Å². The topological polar surface area (TPSA) is 46.1 Å². The summed E-state index contributed by atoms with van der Waals surface area (Å²) < 4.78 is 11.5. The van der Waals surface area contributed by atoms with E-state index in [2.05, 4.69) is 75.9 Å². The van der Waals surface area contributed by atoms with E-state index in [1.165, 1.54) is 22.3 Å². The van der Waals surface area contributed by atoms with Crippen LogP contribution in [0.15, 0.2) is 65.2 Å². The van der Waals surface area contributed by atoms with Crippen LogP contribution in [0.4, 0.5) is 0 Å². The van der Waals surface area contributed by atoms with Gasteiger partial charge in [0, 0.05) is 39.9 Å². The van der Waals surface area contributed by atoms with Crippen LogP contribution in [-0.4, -0.2) is 50.3 Å². The molecule has 0 atom stereocenters. The molecule has 2 fully saturated rings. The molecule has 2 heterocycles. The quantitative estimate of drug-likeness (QED) is 0.533. The van der Waals surface area contributed by atoms with E-state index in [0.29, 0.717) is 12.7 Å². The second-order valence-corrected chi connectivity index (χ2v) is 8.54. The van der Waals surface area contributed by atoms with Crippen LogP contribution in [0.2, 0.25) is 0 Å². The SMILES string of the molecule is CN=C(NCc1cccc(COC2CCOCC2)c1)N1CCC(=Cc2ccccc2)CC1. The summed E-state index contributed by atoms with van der Waals surface area (Å²) >= 11 is 0. The number of piperidine rings is 1. The van der Waals surface area contributed by atoms with Crippen molar-refractivity contribution in [2.45, 2.75) is 44.9 Å². The number of rotatable bonds is 6. The average molecular weight is 434 g/mol. The smallest absolute Gasteiger partial charge is 0.193 e. The fourth-order valence-electron chi connectivity index (χ4n) is 4.33. The zero-order chi connectivity index (χ0) is 22.0. The summed E-state index contributed by atoms with van der Waals surface area (Å²) in [7, 11) is 1.87. The van der Waals surface area contributed by atoms with Crippen molar-refractivity contribution in [3.63, 3.8) is 0 Å². The lowest BCUT2D eigenvalue weighted by molar-refractivity contribution is -0.0390. The Kier molecular flexibility index (Phi) is 8.35. The Balaban J connectivity index is 1.25. The second kappa shape index (κ2) is 11.8. The first-order chi connectivity index (χ1) is 15.8. The second-order valence-electron chi connectivity index (χ2n) is 8.54. The van der Waals surface area contributed by atoms with Crippen LogP contribution in [0.3, 0.4) is 0 Å². The molecule has 0 spiro atoms. The van der Waals surface area contributed by atoms with Gasteiger partial charge in [-0.15, -0.1) is 0 Å². The van der Waals surface area contributed by atoms with Crippen molar-refractivity contribution in [3.8, 4) is 0 Å². The number of hydrogen-bond acceptors (Lipinski definition) is 3. The molecule has 0 aromatic heterocycles. The maximum Gasteiger partial charge on any atom is 0.193 e. The van der Waals surface area contributed by atoms with Crippen molar-refractivity contribution < 1.29 is 9.47 Å². The van der Waals surface area contributed by atoms with E-state index in [-0.39, 0.29) is 0 Å². The number of aliphatic imine (C=N–C) groups is 1. The Morgan fingerprint density at radius 2 is 1.81 bits per heavy atom. The minimum absolute atomic E-state index is 0.323. The molecule has 4 rings (SSSR count). The van der Waals surface area contributed by atoms with Gasteiger partial charge in [-0.2, -0.15) is 0 Å². The van der Waals surface area contributed by atoms with Crippen LogP contribution in [0.1, 0.15) is 42.4 Å². The van der Waals surface area contributed by atoms with Gasteiger partial charge in [-0.3, -0.25) is 4.99 Å². The van der Waals surface area contributed by atoms with Crippen molar-refractivity contribution >= 4 is 12.0 Å². The molecule has 1 N–H and O–H groups in total. The van der Waals surface area contributed by atoms with Gasteiger partial charge in [0.15, 0.2) is 5.96 Å². The van der Waals surface area contributed by atoms with Gasteiger partial charge in [0.25, 0.3) is 0 Å². The number of benzene rings is 2. The van der Waals surface area contributed by atoms with E-state index < -0.39 is 0 Å². The Bertz CT molecular complexity index is 894. The Labute approximate surface area is 192 Å². The highest BCUT2D eigenvalue weighted by Crippen LogP contribution is 2.20.